The van der Waals surface area contributed by atoms with E-state index in [1.54, 1.807) is 0 Å². The highest BCUT2D eigenvalue weighted by Gasteiger charge is 2.24. The third-order valence-electron chi connectivity index (χ3n) is 3.19. The molecule has 1 fully saturated rings. The number of carbonyl (C=O) groups excluding carboxylic acids is 1. The van der Waals surface area contributed by atoms with Gasteiger partial charge in [-0.3, -0.25) is 4.79 Å². The van der Waals surface area contributed by atoms with Crippen molar-refractivity contribution in [2.45, 2.75) is 0 Å². The topological polar surface area (TPSA) is 75.7 Å². The average Bonchev–Trinajstić information content (AvgIpc) is 2.50. The molecular weight excluding hydrogens is 318 g/mol. The summed E-state index contributed by atoms with van der Waals surface area (Å²) >= 11 is 0. The number of rotatable bonds is 5. The standard InChI is InChI=1S/C13H16F2N2O4S/c14-11-2-1-10(9-12(11)15)13(18)16-3-8-22(19,20)17-4-6-21-7-5-17/h1-2,9H,3-8H2,(H,16,18). The second kappa shape index (κ2) is 7.12. The number of carbonyl (C=O) groups is 1. The van der Waals surface area contributed by atoms with Crippen molar-refractivity contribution in [3.63, 3.8) is 0 Å². The monoisotopic (exact) mass is 334 g/mol. The number of morpholine rings is 1. The van der Waals surface area contributed by atoms with E-state index in [1.807, 2.05) is 0 Å². The molecule has 0 aliphatic carbocycles. The normalized spacial score (nSPS) is 16.5. The van der Waals surface area contributed by atoms with Gasteiger partial charge in [0.1, 0.15) is 0 Å². The number of halogens is 2. The number of nitrogens with one attached hydrogen (secondary N) is 1. The molecule has 0 radical (unpaired) electrons. The summed E-state index contributed by atoms with van der Waals surface area (Å²) < 4.78 is 56.2. The zero-order valence-corrected chi connectivity index (χ0v) is 12.5. The Labute approximate surface area is 127 Å². The fourth-order valence-electron chi connectivity index (χ4n) is 1.99. The van der Waals surface area contributed by atoms with E-state index in [1.165, 1.54) is 4.31 Å². The zero-order valence-electron chi connectivity index (χ0n) is 11.7. The van der Waals surface area contributed by atoms with Crippen LogP contribution in [0.4, 0.5) is 8.78 Å². The average molecular weight is 334 g/mol. The summed E-state index contributed by atoms with van der Waals surface area (Å²) in [6.07, 6.45) is 0. The maximum atomic E-state index is 13.0. The molecule has 122 valence electrons. The van der Waals surface area contributed by atoms with Crippen LogP contribution in [0.25, 0.3) is 0 Å². The van der Waals surface area contributed by atoms with Crippen LogP contribution in [-0.4, -0.2) is 57.2 Å². The predicted octanol–water partition coefficient (Wildman–Crippen LogP) is 0.357. The maximum Gasteiger partial charge on any atom is 0.251 e. The fourth-order valence-corrected chi connectivity index (χ4v) is 3.31. The molecule has 1 N–H and O–H groups in total. The van der Waals surface area contributed by atoms with Crippen LogP contribution in [0.15, 0.2) is 18.2 Å². The first-order valence-electron chi connectivity index (χ1n) is 6.69. The number of amides is 1. The summed E-state index contributed by atoms with van der Waals surface area (Å²) in [5.41, 5.74) is -0.0670. The van der Waals surface area contributed by atoms with Gasteiger partial charge in [0.25, 0.3) is 5.91 Å². The lowest BCUT2D eigenvalue weighted by Gasteiger charge is -2.26. The Bertz CT molecular complexity index is 645. The first-order chi connectivity index (χ1) is 10.4. The Kier molecular flexibility index (Phi) is 5.43. The number of sulfonamides is 1. The molecule has 0 saturated carbocycles. The van der Waals surface area contributed by atoms with E-state index >= 15 is 0 Å². The van der Waals surface area contributed by atoms with Gasteiger partial charge >= 0.3 is 0 Å². The molecular formula is C13H16F2N2O4S. The van der Waals surface area contributed by atoms with Crippen LogP contribution in [-0.2, 0) is 14.8 Å². The van der Waals surface area contributed by atoms with Gasteiger partial charge in [0.05, 0.1) is 19.0 Å². The zero-order chi connectivity index (χ0) is 16.2. The van der Waals surface area contributed by atoms with E-state index in [2.05, 4.69) is 5.32 Å². The Morgan fingerprint density at radius 1 is 1.23 bits per heavy atom. The van der Waals surface area contributed by atoms with Crippen molar-refractivity contribution in [3.05, 3.63) is 35.4 Å². The van der Waals surface area contributed by atoms with E-state index in [9.17, 15) is 22.0 Å². The quantitative estimate of drug-likeness (QED) is 0.843. The Balaban J connectivity index is 1.87. The number of nitrogens with zero attached hydrogens (tertiary/aromatic N) is 1. The molecule has 1 heterocycles. The fraction of sp³-hybridized carbons (Fsp3) is 0.462. The van der Waals surface area contributed by atoms with Crippen LogP contribution < -0.4 is 5.32 Å². The van der Waals surface area contributed by atoms with Crippen molar-refractivity contribution in [3.8, 4) is 0 Å². The molecule has 9 heteroatoms. The summed E-state index contributed by atoms with van der Waals surface area (Å²) in [5, 5.41) is 2.38. The van der Waals surface area contributed by atoms with Crippen molar-refractivity contribution in [1.29, 1.82) is 0 Å². The summed E-state index contributed by atoms with van der Waals surface area (Å²) in [4.78, 5) is 11.7. The first kappa shape index (κ1) is 16.8. The molecule has 0 spiro atoms. The molecule has 0 aromatic heterocycles. The lowest BCUT2D eigenvalue weighted by Crippen LogP contribution is -2.43. The molecule has 1 saturated heterocycles. The molecule has 0 atom stereocenters. The van der Waals surface area contributed by atoms with Crippen LogP contribution in [0.2, 0.25) is 0 Å². The molecule has 1 aliphatic heterocycles. The first-order valence-corrected chi connectivity index (χ1v) is 8.30. The third kappa shape index (κ3) is 4.21. The van der Waals surface area contributed by atoms with Gasteiger partial charge in [-0.2, -0.15) is 4.31 Å². The lowest BCUT2D eigenvalue weighted by molar-refractivity contribution is 0.0730. The summed E-state index contributed by atoms with van der Waals surface area (Å²) in [7, 11) is -3.47. The highest BCUT2D eigenvalue weighted by Crippen LogP contribution is 2.09. The minimum absolute atomic E-state index is 0.0670. The molecule has 1 aliphatic rings. The summed E-state index contributed by atoms with van der Waals surface area (Å²) in [6, 6.07) is 2.74. The van der Waals surface area contributed by atoms with Crippen molar-refractivity contribution < 1.29 is 26.7 Å². The van der Waals surface area contributed by atoms with Crippen LogP contribution in [0.1, 0.15) is 10.4 Å². The molecule has 0 unspecified atom stereocenters. The van der Waals surface area contributed by atoms with Gasteiger partial charge in [-0.1, -0.05) is 0 Å². The number of hydrogen-bond donors (Lipinski definition) is 1. The molecule has 6 nitrogen and oxygen atoms in total. The van der Waals surface area contributed by atoms with Crippen molar-refractivity contribution >= 4 is 15.9 Å². The van der Waals surface area contributed by atoms with E-state index < -0.39 is 27.6 Å². The summed E-state index contributed by atoms with van der Waals surface area (Å²) in [6.45, 7) is 1.16. The third-order valence-corrected chi connectivity index (χ3v) is 5.06. The number of ether oxygens (including phenoxy) is 1. The van der Waals surface area contributed by atoms with Gasteiger partial charge in [0, 0.05) is 25.2 Å². The smallest absolute Gasteiger partial charge is 0.251 e. The van der Waals surface area contributed by atoms with E-state index in [4.69, 9.17) is 4.74 Å². The second-order valence-corrected chi connectivity index (χ2v) is 6.80. The second-order valence-electron chi connectivity index (χ2n) is 4.71. The molecule has 2 rings (SSSR count). The van der Waals surface area contributed by atoms with Gasteiger partial charge in [-0.05, 0) is 18.2 Å². The summed E-state index contributed by atoms with van der Waals surface area (Å²) in [5.74, 6) is -3.10. The van der Waals surface area contributed by atoms with Crippen LogP contribution in [0.3, 0.4) is 0 Å². The highest BCUT2D eigenvalue weighted by molar-refractivity contribution is 7.89. The van der Waals surface area contributed by atoms with Crippen LogP contribution in [0, 0.1) is 11.6 Å². The lowest BCUT2D eigenvalue weighted by atomic mass is 10.2. The van der Waals surface area contributed by atoms with Gasteiger partial charge in [-0.25, -0.2) is 17.2 Å². The number of hydrogen-bond acceptors (Lipinski definition) is 4. The molecule has 22 heavy (non-hydrogen) atoms. The van der Waals surface area contributed by atoms with E-state index in [-0.39, 0.29) is 17.9 Å². The Morgan fingerprint density at radius 3 is 2.55 bits per heavy atom. The highest BCUT2D eigenvalue weighted by atomic mass is 32.2. The van der Waals surface area contributed by atoms with E-state index in [0.717, 1.165) is 18.2 Å². The van der Waals surface area contributed by atoms with Crippen LogP contribution in [0.5, 0.6) is 0 Å². The minimum atomic E-state index is -3.47. The Morgan fingerprint density at radius 2 is 1.91 bits per heavy atom. The minimum Gasteiger partial charge on any atom is -0.379 e. The predicted molar refractivity (Wildman–Crippen MR) is 74.9 cm³/mol. The molecule has 0 bridgehead atoms. The van der Waals surface area contributed by atoms with Crippen molar-refractivity contribution in [1.82, 2.24) is 9.62 Å². The van der Waals surface area contributed by atoms with Gasteiger partial charge < -0.3 is 10.1 Å². The van der Waals surface area contributed by atoms with Crippen molar-refractivity contribution in [2.75, 3.05) is 38.6 Å². The molecule has 1 amide bonds. The maximum absolute atomic E-state index is 13.0. The van der Waals surface area contributed by atoms with Gasteiger partial charge in [-0.15, -0.1) is 0 Å². The Hall–Kier alpha value is -1.58. The number of benzene rings is 1. The SMILES string of the molecule is O=C(NCCS(=O)(=O)N1CCOCC1)c1ccc(F)c(F)c1. The van der Waals surface area contributed by atoms with E-state index in [0.29, 0.717) is 26.3 Å². The molecule has 1 aromatic rings. The van der Waals surface area contributed by atoms with Gasteiger partial charge in [0.2, 0.25) is 10.0 Å². The van der Waals surface area contributed by atoms with Crippen molar-refractivity contribution in [2.24, 2.45) is 0 Å². The van der Waals surface area contributed by atoms with Crippen LogP contribution >= 0.6 is 0 Å². The molecule has 1 aromatic carbocycles. The van der Waals surface area contributed by atoms with Gasteiger partial charge in [0.15, 0.2) is 11.6 Å². The largest absolute Gasteiger partial charge is 0.379 e.